The Balaban J connectivity index is 2.69. The fourth-order valence-electron chi connectivity index (χ4n) is 1.24. The van der Waals surface area contributed by atoms with Gasteiger partial charge in [-0.25, -0.2) is 0 Å². The smallest absolute Gasteiger partial charge is 0.123 e. The molecule has 0 spiro atoms. The van der Waals surface area contributed by atoms with E-state index in [1.807, 2.05) is 24.3 Å². The topological polar surface area (TPSA) is 59.1 Å². The maximum Gasteiger partial charge on any atom is 0.123 e. The molecule has 3 heteroatoms. The fourth-order valence-corrected chi connectivity index (χ4v) is 1.24. The van der Waals surface area contributed by atoms with E-state index in [0.717, 1.165) is 24.2 Å². The lowest BCUT2D eigenvalue weighted by Gasteiger charge is -2.07. The second kappa shape index (κ2) is 5.40. The van der Waals surface area contributed by atoms with Crippen LogP contribution in [0.2, 0.25) is 0 Å². The SMILES string of the molecule is CCCOCc1ccccc1C(=N)N. The summed E-state index contributed by atoms with van der Waals surface area (Å²) >= 11 is 0. The number of hydrogen-bond donors (Lipinski definition) is 2. The minimum absolute atomic E-state index is 0.0979. The van der Waals surface area contributed by atoms with Crippen LogP contribution in [0, 0.1) is 5.41 Å². The van der Waals surface area contributed by atoms with Gasteiger partial charge in [0.05, 0.1) is 6.61 Å². The summed E-state index contributed by atoms with van der Waals surface area (Å²) in [5, 5.41) is 7.38. The molecule has 0 saturated heterocycles. The molecular formula is C11H16N2O. The highest BCUT2D eigenvalue weighted by Gasteiger charge is 2.03. The van der Waals surface area contributed by atoms with Gasteiger partial charge in [0, 0.05) is 12.2 Å². The van der Waals surface area contributed by atoms with Crippen molar-refractivity contribution >= 4 is 5.84 Å². The van der Waals surface area contributed by atoms with Gasteiger partial charge in [-0.2, -0.15) is 0 Å². The zero-order valence-corrected chi connectivity index (χ0v) is 8.42. The molecule has 0 saturated carbocycles. The molecule has 0 unspecified atom stereocenters. The zero-order chi connectivity index (χ0) is 10.4. The molecule has 76 valence electrons. The van der Waals surface area contributed by atoms with E-state index in [-0.39, 0.29) is 5.84 Å². The molecule has 0 fully saturated rings. The van der Waals surface area contributed by atoms with Crippen LogP contribution in [0.25, 0.3) is 0 Å². The average Bonchev–Trinajstić information content (AvgIpc) is 2.19. The van der Waals surface area contributed by atoms with Crippen LogP contribution < -0.4 is 5.73 Å². The van der Waals surface area contributed by atoms with E-state index in [1.54, 1.807) is 0 Å². The molecule has 0 radical (unpaired) electrons. The van der Waals surface area contributed by atoms with Gasteiger partial charge in [-0.1, -0.05) is 31.2 Å². The van der Waals surface area contributed by atoms with Crippen molar-refractivity contribution in [3.63, 3.8) is 0 Å². The van der Waals surface area contributed by atoms with Gasteiger partial charge in [-0.3, -0.25) is 5.41 Å². The second-order valence-corrected chi connectivity index (χ2v) is 3.12. The first-order valence-electron chi connectivity index (χ1n) is 4.75. The first-order chi connectivity index (χ1) is 6.75. The van der Waals surface area contributed by atoms with Gasteiger partial charge >= 0.3 is 0 Å². The van der Waals surface area contributed by atoms with E-state index in [4.69, 9.17) is 15.9 Å². The summed E-state index contributed by atoms with van der Waals surface area (Å²) in [6.45, 7) is 3.34. The molecule has 0 aliphatic heterocycles. The number of hydrogen-bond acceptors (Lipinski definition) is 2. The number of rotatable bonds is 5. The third-order valence-electron chi connectivity index (χ3n) is 1.91. The van der Waals surface area contributed by atoms with E-state index in [0.29, 0.717) is 6.61 Å². The molecule has 3 nitrogen and oxygen atoms in total. The van der Waals surface area contributed by atoms with Crippen molar-refractivity contribution in [1.29, 1.82) is 5.41 Å². The quantitative estimate of drug-likeness (QED) is 0.425. The van der Waals surface area contributed by atoms with Crippen molar-refractivity contribution < 1.29 is 4.74 Å². The van der Waals surface area contributed by atoms with Crippen LogP contribution in [0.1, 0.15) is 24.5 Å². The minimum Gasteiger partial charge on any atom is -0.384 e. The highest BCUT2D eigenvalue weighted by molar-refractivity contribution is 5.96. The molecule has 1 aromatic rings. The highest BCUT2D eigenvalue weighted by Crippen LogP contribution is 2.09. The van der Waals surface area contributed by atoms with Gasteiger partial charge in [-0.05, 0) is 12.0 Å². The van der Waals surface area contributed by atoms with E-state index < -0.39 is 0 Å². The molecule has 0 aliphatic carbocycles. The number of nitrogen functional groups attached to an aromatic ring is 1. The Labute approximate surface area is 84.4 Å². The Bertz CT molecular complexity index is 310. The monoisotopic (exact) mass is 192 g/mol. The van der Waals surface area contributed by atoms with Crippen LogP contribution in [0.3, 0.4) is 0 Å². The fraction of sp³-hybridized carbons (Fsp3) is 0.364. The Morgan fingerprint density at radius 2 is 2.14 bits per heavy atom. The maximum atomic E-state index is 7.38. The summed E-state index contributed by atoms with van der Waals surface area (Å²) < 4.78 is 5.41. The van der Waals surface area contributed by atoms with Crippen LogP contribution in [-0.4, -0.2) is 12.4 Å². The molecular weight excluding hydrogens is 176 g/mol. The maximum absolute atomic E-state index is 7.38. The molecule has 3 N–H and O–H groups in total. The van der Waals surface area contributed by atoms with E-state index in [1.165, 1.54) is 0 Å². The molecule has 0 aliphatic rings. The molecule has 1 rings (SSSR count). The van der Waals surface area contributed by atoms with Gasteiger partial charge < -0.3 is 10.5 Å². The van der Waals surface area contributed by atoms with Gasteiger partial charge in [0.25, 0.3) is 0 Å². The van der Waals surface area contributed by atoms with E-state index in [2.05, 4.69) is 6.92 Å². The Morgan fingerprint density at radius 3 is 2.79 bits per heavy atom. The summed E-state index contributed by atoms with van der Waals surface area (Å²) in [6.07, 6.45) is 1.00. The lowest BCUT2D eigenvalue weighted by molar-refractivity contribution is 0.121. The predicted molar refractivity (Wildman–Crippen MR) is 57.4 cm³/mol. The molecule has 14 heavy (non-hydrogen) atoms. The van der Waals surface area contributed by atoms with Gasteiger partial charge in [-0.15, -0.1) is 0 Å². The molecule has 0 aromatic heterocycles. The molecule has 0 heterocycles. The Kier molecular flexibility index (Phi) is 4.13. The Hall–Kier alpha value is -1.35. The minimum atomic E-state index is 0.0979. The zero-order valence-electron chi connectivity index (χ0n) is 8.42. The van der Waals surface area contributed by atoms with Crippen molar-refractivity contribution in [3.8, 4) is 0 Å². The van der Waals surface area contributed by atoms with Crippen molar-refractivity contribution in [2.45, 2.75) is 20.0 Å². The lowest BCUT2D eigenvalue weighted by atomic mass is 10.1. The third-order valence-corrected chi connectivity index (χ3v) is 1.91. The summed E-state index contributed by atoms with van der Waals surface area (Å²) in [4.78, 5) is 0. The van der Waals surface area contributed by atoms with E-state index >= 15 is 0 Å². The van der Waals surface area contributed by atoms with Crippen LogP contribution in [0.15, 0.2) is 24.3 Å². The summed E-state index contributed by atoms with van der Waals surface area (Å²) in [6, 6.07) is 7.58. The highest BCUT2D eigenvalue weighted by atomic mass is 16.5. The number of nitrogens with one attached hydrogen (secondary N) is 1. The third kappa shape index (κ3) is 2.85. The molecule has 0 atom stereocenters. The van der Waals surface area contributed by atoms with Crippen molar-refractivity contribution in [2.24, 2.45) is 5.73 Å². The van der Waals surface area contributed by atoms with Gasteiger partial charge in [0.15, 0.2) is 0 Å². The summed E-state index contributed by atoms with van der Waals surface area (Å²) in [5.41, 5.74) is 7.19. The average molecular weight is 192 g/mol. The van der Waals surface area contributed by atoms with Crippen LogP contribution >= 0.6 is 0 Å². The first-order valence-corrected chi connectivity index (χ1v) is 4.75. The van der Waals surface area contributed by atoms with Gasteiger partial charge in [0.2, 0.25) is 0 Å². The van der Waals surface area contributed by atoms with Gasteiger partial charge in [0.1, 0.15) is 5.84 Å². The van der Waals surface area contributed by atoms with E-state index in [9.17, 15) is 0 Å². The second-order valence-electron chi connectivity index (χ2n) is 3.12. The summed E-state index contributed by atoms with van der Waals surface area (Å²) in [7, 11) is 0. The Morgan fingerprint density at radius 1 is 1.43 bits per heavy atom. The van der Waals surface area contributed by atoms with Crippen molar-refractivity contribution in [2.75, 3.05) is 6.61 Å². The van der Waals surface area contributed by atoms with Crippen LogP contribution in [-0.2, 0) is 11.3 Å². The molecule has 0 bridgehead atoms. The molecule has 1 aromatic carbocycles. The predicted octanol–water partition coefficient (Wildman–Crippen LogP) is 1.90. The normalized spacial score (nSPS) is 10.1. The van der Waals surface area contributed by atoms with Crippen molar-refractivity contribution in [1.82, 2.24) is 0 Å². The van der Waals surface area contributed by atoms with Crippen molar-refractivity contribution in [3.05, 3.63) is 35.4 Å². The number of nitrogens with two attached hydrogens (primary N) is 1. The number of benzene rings is 1. The lowest BCUT2D eigenvalue weighted by Crippen LogP contribution is -2.14. The standard InChI is InChI=1S/C11H16N2O/c1-2-7-14-8-9-5-3-4-6-10(9)11(12)13/h3-6H,2,7-8H2,1H3,(H3,12,13). The number of amidine groups is 1. The van der Waals surface area contributed by atoms with Crippen LogP contribution in [0.5, 0.6) is 0 Å². The first kappa shape index (κ1) is 10.7. The van der Waals surface area contributed by atoms with Crippen LogP contribution in [0.4, 0.5) is 0 Å². The number of ether oxygens (including phenoxy) is 1. The largest absolute Gasteiger partial charge is 0.384 e. The molecule has 0 amide bonds. The summed E-state index contributed by atoms with van der Waals surface area (Å²) in [5.74, 6) is 0.0979.